The van der Waals surface area contributed by atoms with E-state index >= 15 is 0 Å². The summed E-state index contributed by atoms with van der Waals surface area (Å²) in [6.45, 7) is 6.17. The lowest BCUT2D eigenvalue weighted by Gasteiger charge is -2.29. The van der Waals surface area contributed by atoms with Crippen LogP contribution in [0.5, 0.6) is 0 Å². The van der Waals surface area contributed by atoms with Crippen molar-refractivity contribution >= 4 is 34.2 Å². The van der Waals surface area contributed by atoms with Crippen LogP contribution in [0.15, 0.2) is 84.9 Å². The summed E-state index contributed by atoms with van der Waals surface area (Å²) in [4.78, 5) is 36.1. The molecule has 5 rings (SSSR count). The predicted octanol–water partition coefficient (Wildman–Crippen LogP) is 5.52. The molecule has 4 aromatic rings. The van der Waals surface area contributed by atoms with Gasteiger partial charge in [0.15, 0.2) is 6.10 Å². The topological polar surface area (TPSA) is 62.7 Å². The van der Waals surface area contributed by atoms with Crippen LogP contribution in [0.1, 0.15) is 35.5 Å². The number of carbonyl (C=O) groups is 2. The molecule has 182 valence electrons. The van der Waals surface area contributed by atoms with Crippen molar-refractivity contribution in [2.24, 2.45) is 0 Å². The number of anilines is 2. The number of nitrogens with zero attached hydrogens (tertiary/aromatic N) is 3. The molecule has 0 spiro atoms. The van der Waals surface area contributed by atoms with Gasteiger partial charge in [0.2, 0.25) is 0 Å². The van der Waals surface area contributed by atoms with E-state index in [0.29, 0.717) is 23.5 Å². The SMILES string of the molecule is CCN1CCc2nc3ccccc3c(C(=O)OC(C)C(=O)N(c3ccccc3)c3ccccc3)c2C1. The number of fused-ring (bicyclic) bond motifs is 2. The van der Waals surface area contributed by atoms with E-state index in [2.05, 4.69) is 11.8 Å². The minimum absolute atomic E-state index is 0.317. The summed E-state index contributed by atoms with van der Waals surface area (Å²) in [6, 6.07) is 26.4. The highest BCUT2D eigenvalue weighted by atomic mass is 16.5. The van der Waals surface area contributed by atoms with Crippen LogP contribution in [0.3, 0.4) is 0 Å². The number of rotatable bonds is 6. The first kappa shape index (κ1) is 23.7. The molecular weight excluding hydrogens is 450 g/mol. The fourth-order valence-corrected chi connectivity index (χ4v) is 4.76. The monoisotopic (exact) mass is 479 g/mol. The van der Waals surface area contributed by atoms with Gasteiger partial charge in [-0.05, 0) is 43.8 Å². The summed E-state index contributed by atoms with van der Waals surface area (Å²) >= 11 is 0. The Bertz CT molecular complexity index is 1350. The molecule has 1 atom stereocenters. The van der Waals surface area contributed by atoms with E-state index in [9.17, 15) is 9.59 Å². The minimum atomic E-state index is -0.994. The average molecular weight is 480 g/mol. The predicted molar refractivity (Wildman–Crippen MR) is 141 cm³/mol. The highest BCUT2D eigenvalue weighted by Crippen LogP contribution is 2.30. The van der Waals surface area contributed by atoms with Gasteiger partial charge in [0.05, 0.1) is 11.1 Å². The van der Waals surface area contributed by atoms with Gasteiger partial charge in [0.1, 0.15) is 0 Å². The van der Waals surface area contributed by atoms with Crippen molar-refractivity contribution in [2.75, 3.05) is 18.0 Å². The fraction of sp³-hybridized carbons (Fsp3) is 0.233. The first-order valence-corrected chi connectivity index (χ1v) is 12.3. The van der Waals surface area contributed by atoms with Crippen LogP contribution in [0, 0.1) is 0 Å². The number of carbonyl (C=O) groups excluding carboxylic acids is 2. The number of amides is 1. The molecule has 6 nitrogen and oxygen atoms in total. The standard InChI is InChI=1S/C30H29N3O3/c1-3-32-19-18-27-25(20-32)28(24-16-10-11-17-26(24)31-27)30(35)36-21(2)29(34)33(22-12-6-4-7-13-22)23-14-8-5-9-15-23/h4-17,21H,3,18-20H2,1-2H3. The lowest BCUT2D eigenvalue weighted by Crippen LogP contribution is -2.38. The van der Waals surface area contributed by atoms with Crippen molar-refractivity contribution in [3.63, 3.8) is 0 Å². The van der Waals surface area contributed by atoms with Crippen LogP contribution in [-0.4, -0.2) is 41.0 Å². The molecule has 1 unspecified atom stereocenters. The molecule has 0 radical (unpaired) electrons. The van der Waals surface area contributed by atoms with Gasteiger partial charge in [-0.3, -0.25) is 19.6 Å². The minimum Gasteiger partial charge on any atom is -0.449 e. The maximum Gasteiger partial charge on any atom is 0.339 e. The summed E-state index contributed by atoms with van der Waals surface area (Å²) in [5, 5.41) is 0.752. The molecule has 0 saturated heterocycles. The molecule has 1 aliphatic rings. The van der Waals surface area contributed by atoms with Crippen molar-refractivity contribution in [3.05, 3.63) is 102 Å². The molecule has 0 saturated carbocycles. The molecule has 0 fully saturated rings. The summed E-state index contributed by atoms with van der Waals surface area (Å²) in [5.74, 6) is -0.812. The Morgan fingerprint density at radius 2 is 1.56 bits per heavy atom. The van der Waals surface area contributed by atoms with Gasteiger partial charge in [0, 0.05) is 47.5 Å². The van der Waals surface area contributed by atoms with Crippen LogP contribution >= 0.6 is 0 Å². The van der Waals surface area contributed by atoms with Gasteiger partial charge >= 0.3 is 5.97 Å². The fourth-order valence-electron chi connectivity index (χ4n) is 4.76. The molecule has 6 heteroatoms. The molecule has 1 aliphatic heterocycles. The van der Waals surface area contributed by atoms with Gasteiger partial charge in [-0.2, -0.15) is 0 Å². The molecule has 1 amide bonds. The number of benzene rings is 3. The Hall–Kier alpha value is -4.03. The summed E-state index contributed by atoms with van der Waals surface area (Å²) in [6.07, 6.45) is -0.218. The zero-order valence-electron chi connectivity index (χ0n) is 20.6. The summed E-state index contributed by atoms with van der Waals surface area (Å²) in [7, 11) is 0. The molecule has 2 heterocycles. The first-order chi connectivity index (χ1) is 17.6. The Labute approximate surface area is 211 Å². The molecule has 0 bridgehead atoms. The maximum atomic E-state index is 13.7. The number of aromatic nitrogens is 1. The van der Waals surface area contributed by atoms with E-state index in [0.717, 1.165) is 41.7 Å². The smallest absolute Gasteiger partial charge is 0.339 e. The van der Waals surface area contributed by atoms with E-state index in [1.165, 1.54) is 0 Å². The molecule has 0 N–H and O–H groups in total. The number of esters is 1. The van der Waals surface area contributed by atoms with Crippen molar-refractivity contribution < 1.29 is 14.3 Å². The lowest BCUT2D eigenvalue weighted by atomic mass is 9.95. The van der Waals surface area contributed by atoms with Crippen LogP contribution in [-0.2, 0) is 22.5 Å². The van der Waals surface area contributed by atoms with Crippen LogP contribution in [0.25, 0.3) is 10.9 Å². The zero-order valence-corrected chi connectivity index (χ0v) is 20.6. The summed E-state index contributed by atoms with van der Waals surface area (Å²) < 4.78 is 5.89. The number of para-hydroxylation sites is 3. The second kappa shape index (κ2) is 10.3. The largest absolute Gasteiger partial charge is 0.449 e. The summed E-state index contributed by atoms with van der Waals surface area (Å²) in [5.41, 5.74) is 4.53. The van der Waals surface area contributed by atoms with E-state index in [1.807, 2.05) is 84.9 Å². The van der Waals surface area contributed by atoms with Crippen molar-refractivity contribution in [2.45, 2.75) is 32.9 Å². The maximum absolute atomic E-state index is 13.7. The number of likely N-dealkylation sites (N-methyl/N-ethyl adjacent to an activating group) is 1. The van der Waals surface area contributed by atoms with E-state index in [1.54, 1.807) is 11.8 Å². The molecule has 3 aromatic carbocycles. The third-order valence-electron chi connectivity index (χ3n) is 6.66. The first-order valence-electron chi connectivity index (χ1n) is 12.3. The molecule has 0 aliphatic carbocycles. The van der Waals surface area contributed by atoms with Gasteiger partial charge in [0.25, 0.3) is 5.91 Å². The van der Waals surface area contributed by atoms with E-state index in [4.69, 9.17) is 9.72 Å². The number of hydrogen-bond donors (Lipinski definition) is 0. The van der Waals surface area contributed by atoms with Crippen LogP contribution < -0.4 is 4.90 Å². The third-order valence-corrected chi connectivity index (χ3v) is 6.66. The normalized spacial score (nSPS) is 14.2. The molecular formula is C30H29N3O3. The van der Waals surface area contributed by atoms with E-state index in [-0.39, 0.29) is 5.91 Å². The quantitative estimate of drug-likeness (QED) is 0.341. The van der Waals surface area contributed by atoms with E-state index < -0.39 is 12.1 Å². The second-order valence-electron chi connectivity index (χ2n) is 8.94. The average Bonchev–Trinajstić information content (AvgIpc) is 2.92. The highest BCUT2D eigenvalue weighted by molar-refractivity contribution is 6.08. The van der Waals surface area contributed by atoms with Gasteiger partial charge in [-0.15, -0.1) is 0 Å². The second-order valence-corrected chi connectivity index (χ2v) is 8.94. The van der Waals surface area contributed by atoms with Crippen molar-refractivity contribution in [1.29, 1.82) is 0 Å². The third kappa shape index (κ3) is 4.60. The van der Waals surface area contributed by atoms with Crippen molar-refractivity contribution in [3.8, 4) is 0 Å². The van der Waals surface area contributed by atoms with Crippen molar-refractivity contribution in [1.82, 2.24) is 9.88 Å². The van der Waals surface area contributed by atoms with Crippen LogP contribution in [0.4, 0.5) is 11.4 Å². The number of pyridine rings is 1. The van der Waals surface area contributed by atoms with Gasteiger partial charge in [-0.25, -0.2) is 4.79 Å². The Balaban J connectivity index is 1.49. The zero-order chi connectivity index (χ0) is 25.1. The lowest BCUT2D eigenvalue weighted by molar-refractivity contribution is -0.125. The Kier molecular flexibility index (Phi) is 6.78. The van der Waals surface area contributed by atoms with Gasteiger partial charge < -0.3 is 4.74 Å². The molecule has 1 aromatic heterocycles. The molecule has 36 heavy (non-hydrogen) atoms. The Morgan fingerprint density at radius 3 is 2.19 bits per heavy atom. The number of ether oxygens (including phenoxy) is 1. The number of hydrogen-bond acceptors (Lipinski definition) is 5. The van der Waals surface area contributed by atoms with Crippen LogP contribution in [0.2, 0.25) is 0 Å². The Morgan fingerprint density at radius 1 is 0.944 bits per heavy atom. The highest BCUT2D eigenvalue weighted by Gasteiger charge is 2.30. The van der Waals surface area contributed by atoms with Gasteiger partial charge in [-0.1, -0.05) is 61.5 Å².